The Morgan fingerprint density at radius 1 is 1.43 bits per heavy atom. The molecular weight excluding hydrogens is 338 g/mol. The molecule has 0 aromatic heterocycles. The molecule has 1 aromatic carbocycles. The van der Waals surface area contributed by atoms with E-state index in [1.165, 1.54) is 17.8 Å². The summed E-state index contributed by atoms with van der Waals surface area (Å²) in [5.41, 5.74) is 5.96. The molecule has 1 saturated heterocycles. The molecule has 0 aliphatic carbocycles. The SMILES string of the molecule is CSc1ccc([N+](=O)[O-])c(C(=O)N2CCC(C(C)N)CC2)c1.Cl. The van der Waals surface area contributed by atoms with Crippen molar-refractivity contribution in [2.45, 2.75) is 30.7 Å². The quantitative estimate of drug-likeness (QED) is 0.507. The van der Waals surface area contributed by atoms with E-state index in [4.69, 9.17) is 5.73 Å². The van der Waals surface area contributed by atoms with Gasteiger partial charge in [0.25, 0.3) is 11.6 Å². The van der Waals surface area contributed by atoms with Crippen molar-refractivity contribution in [3.05, 3.63) is 33.9 Å². The summed E-state index contributed by atoms with van der Waals surface area (Å²) < 4.78 is 0. The summed E-state index contributed by atoms with van der Waals surface area (Å²) in [5, 5.41) is 11.2. The summed E-state index contributed by atoms with van der Waals surface area (Å²) >= 11 is 1.46. The van der Waals surface area contributed by atoms with Gasteiger partial charge in [-0.25, -0.2) is 0 Å². The van der Waals surface area contributed by atoms with Crippen molar-refractivity contribution in [2.75, 3.05) is 19.3 Å². The highest BCUT2D eigenvalue weighted by molar-refractivity contribution is 7.98. The number of carbonyl (C=O) groups is 1. The third-order valence-electron chi connectivity index (χ3n) is 4.20. The van der Waals surface area contributed by atoms with Crippen LogP contribution in [-0.2, 0) is 0 Å². The van der Waals surface area contributed by atoms with Crippen LogP contribution in [0.3, 0.4) is 0 Å². The van der Waals surface area contributed by atoms with Gasteiger partial charge in [0, 0.05) is 30.1 Å². The monoisotopic (exact) mass is 359 g/mol. The van der Waals surface area contributed by atoms with Gasteiger partial charge >= 0.3 is 0 Å². The minimum absolute atomic E-state index is 0. The summed E-state index contributed by atoms with van der Waals surface area (Å²) in [6.45, 7) is 3.19. The molecule has 1 atom stereocenters. The van der Waals surface area contributed by atoms with Crippen molar-refractivity contribution in [2.24, 2.45) is 11.7 Å². The van der Waals surface area contributed by atoms with Gasteiger partial charge in [-0.05, 0) is 44.1 Å². The van der Waals surface area contributed by atoms with E-state index in [9.17, 15) is 14.9 Å². The number of nitro groups is 1. The Kier molecular flexibility index (Phi) is 7.31. The number of nitrogens with zero attached hydrogens (tertiary/aromatic N) is 2. The van der Waals surface area contributed by atoms with Crippen LogP contribution in [0.1, 0.15) is 30.1 Å². The number of hydrogen-bond donors (Lipinski definition) is 1. The molecule has 8 heteroatoms. The second-order valence-electron chi connectivity index (χ2n) is 5.63. The van der Waals surface area contributed by atoms with Crippen molar-refractivity contribution in [3.63, 3.8) is 0 Å². The Labute approximate surface area is 146 Å². The van der Waals surface area contributed by atoms with Crippen LogP contribution in [0.2, 0.25) is 0 Å². The molecule has 1 unspecified atom stereocenters. The summed E-state index contributed by atoms with van der Waals surface area (Å²) in [6, 6.07) is 4.81. The van der Waals surface area contributed by atoms with Gasteiger partial charge in [0.2, 0.25) is 0 Å². The number of rotatable bonds is 4. The van der Waals surface area contributed by atoms with Gasteiger partial charge in [-0.2, -0.15) is 0 Å². The minimum atomic E-state index is -0.494. The van der Waals surface area contributed by atoms with Crippen molar-refractivity contribution < 1.29 is 9.72 Å². The van der Waals surface area contributed by atoms with Crippen LogP contribution in [-0.4, -0.2) is 41.1 Å². The number of carbonyl (C=O) groups excluding carboxylic acids is 1. The second-order valence-corrected chi connectivity index (χ2v) is 6.51. The number of piperidine rings is 1. The zero-order chi connectivity index (χ0) is 16.3. The van der Waals surface area contributed by atoms with Gasteiger partial charge in [-0.15, -0.1) is 24.2 Å². The van der Waals surface area contributed by atoms with Crippen LogP contribution in [0.5, 0.6) is 0 Å². The third-order valence-corrected chi connectivity index (χ3v) is 4.93. The zero-order valence-electron chi connectivity index (χ0n) is 13.2. The number of nitro benzene ring substituents is 1. The molecule has 1 aliphatic rings. The molecule has 1 fully saturated rings. The van der Waals surface area contributed by atoms with E-state index in [0.717, 1.165) is 17.7 Å². The first-order valence-corrected chi connectivity index (χ1v) is 8.53. The lowest BCUT2D eigenvalue weighted by atomic mass is 9.90. The maximum absolute atomic E-state index is 12.7. The fraction of sp³-hybridized carbons (Fsp3) is 0.533. The highest BCUT2D eigenvalue weighted by Gasteiger charge is 2.29. The fourth-order valence-corrected chi connectivity index (χ4v) is 3.21. The van der Waals surface area contributed by atoms with Crippen molar-refractivity contribution in [3.8, 4) is 0 Å². The zero-order valence-corrected chi connectivity index (χ0v) is 14.9. The Morgan fingerprint density at radius 3 is 2.52 bits per heavy atom. The number of benzene rings is 1. The Balaban J connectivity index is 0.00000264. The fourth-order valence-electron chi connectivity index (χ4n) is 2.77. The molecule has 6 nitrogen and oxygen atoms in total. The van der Waals surface area contributed by atoms with Crippen molar-refractivity contribution in [1.29, 1.82) is 0 Å². The standard InChI is InChI=1S/C15H21N3O3S.ClH/c1-10(16)11-5-7-17(8-6-11)15(19)13-9-12(22-2)3-4-14(13)18(20)21;/h3-4,9-11H,5-8,16H2,1-2H3;1H. The smallest absolute Gasteiger partial charge is 0.282 e. The van der Waals surface area contributed by atoms with Crippen LogP contribution < -0.4 is 5.73 Å². The first-order valence-electron chi connectivity index (χ1n) is 7.31. The number of likely N-dealkylation sites (tertiary alicyclic amines) is 1. The number of thioether (sulfide) groups is 1. The minimum Gasteiger partial charge on any atom is -0.338 e. The van der Waals surface area contributed by atoms with Crippen molar-refractivity contribution >= 4 is 35.8 Å². The second kappa shape index (κ2) is 8.52. The van der Waals surface area contributed by atoms with Crippen LogP contribution in [0, 0.1) is 16.0 Å². The van der Waals surface area contributed by atoms with Crippen LogP contribution in [0.25, 0.3) is 0 Å². The first-order chi connectivity index (χ1) is 10.4. The number of amides is 1. The van der Waals surface area contributed by atoms with Gasteiger partial charge in [0.1, 0.15) is 5.56 Å². The molecule has 128 valence electrons. The predicted molar refractivity (Wildman–Crippen MR) is 94.4 cm³/mol. The average molecular weight is 360 g/mol. The van der Waals surface area contributed by atoms with Gasteiger partial charge in [0.05, 0.1) is 4.92 Å². The number of hydrogen-bond acceptors (Lipinski definition) is 5. The summed E-state index contributed by atoms with van der Waals surface area (Å²) in [6.07, 6.45) is 3.57. The summed E-state index contributed by atoms with van der Waals surface area (Å²) in [7, 11) is 0. The Morgan fingerprint density at radius 2 is 2.04 bits per heavy atom. The van der Waals surface area contributed by atoms with Gasteiger partial charge < -0.3 is 10.6 Å². The summed E-state index contributed by atoms with van der Waals surface area (Å²) in [4.78, 5) is 25.9. The molecule has 2 N–H and O–H groups in total. The van der Waals surface area contributed by atoms with Crippen molar-refractivity contribution in [1.82, 2.24) is 4.90 Å². The molecule has 0 bridgehead atoms. The lowest BCUT2D eigenvalue weighted by molar-refractivity contribution is -0.385. The van der Waals surface area contributed by atoms with E-state index in [-0.39, 0.29) is 35.6 Å². The lowest BCUT2D eigenvalue weighted by Crippen LogP contribution is -2.42. The lowest BCUT2D eigenvalue weighted by Gasteiger charge is -2.33. The molecule has 23 heavy (non-hydrogen) atoms. The van der Waals surface area contributed by atoms with Gasteiger partial charge in [-0.3, -0.25) is 14.9 Å². The predicted octanol–water partition coefficient (Wildman–Crippen LogP) is 2.94. The number of nitrogens with two attached hydrogens (primary N) is 1. The molecular formula is C15H22ClN3O3S. The van der Waals surface area contributed by atoms with E-state index in [0.29, 0.717) is 19.0 Å². The number of halogens is 1. The van der Waals surface area contributed by atoms with E-state index >= 15 is 0 Å². The van der Waals surface area contributed by atoms with E-state index in [1.54, 1.807) is 17.0 Å². The van der Waals surface area contributed by atoms with Crippen LogP contribution in [0.15, 0.2) is 23.1 Å². The third kappa shape index (κ3) is 4.59. The summed E-state index contributed by atoms with van der Waals surface area (Å²) in [5.74, 6) is 0.155. The van der Waals surface area contributed by atoms with E-state index < -0.39 is 4.92 Å². The highest BCUT2D eigenvalue weighted by atomic mass is 35.5. The normalized spacial score (nSPS) is 16.6. The average Bonchev–Trinajstić information content (AvgIpc) is 2.53. The molecule has 0 radical (unpaired) electrons. The maximum atomic E-state index is 12.7. The Bertz CT molecular complexity index is 575. The maximum Gasteiger partial charge on any atom is 0.282 e. The van der Waals surface area contributed by atoms with Crippen LogP contribution in [0.4, 0.5) is 5.69 Å². The highest BCUT2D eigenvalue weighted by Crippen LogP contribution is 2.28. The van der Waals surface area contributed by atoms with E-state index in [1.807, 2.05) is 13.2 Å². The molecule has 2 rings (SSSR count). The Hall–Kier alpha value is -1.31. The van der Waals surface area contributed by atoms with Gasteiger partial charge in [0.15, 0.2) is 0 Å². The molecule has 0 spiro atoms. The topological polar surface area (TPSA) is 89.5 Å². The van der Waals surface area contributed by atoms with E-state index in [2.05, 4.69) is 0 Å². The molecule has 0 saturated carbocycles. The largest absolute Gasteiger partial charge is 0.338 e. The molecule has 1 amide bonds. The van der Waals surface area contributed by atoms with Gasteiger partial charge in [-0.1, -0.05) is 0 Å². The van der Waals surface area contributed by atoms with Crippen LogP contribution >= 0.6 is 24.2 Å². The first kappa shape index (κ1) is 19.7. The molecule has 1 heterocycles. The molecule has 1 aromatic rings. The molecule has 1 aliphatic heterocycles.